The van der Waals surface area contributed by atoms with Gasteiger partial charge in [0.05, 0.1) is 5.75 Å². The fraction of sp³-hybridized carbons (Fsp3) is 0.238. The number of hydrogen-bond acceptors (Lipinski definition) is 6. The standard InChI is InChI=1S/C21H18Cl2N4O2S2/c22-15-3-1-13(2-4-15)11-30-12-18(28)24-21-26-25-20(31-21)14-9-19(29)27(10-14)17-7-5-16(23)6-8-17/h1-8,14H,9-12H2,(H,24,26,28). The molecule has 160 valence electrons. The summed E-state index contributed by atoms with van der Waals surface area (Å²) in [7, 11) is 0. The smallest absolute Gasteiger partial charge is 0.236 e. The molecule has 1 aromatic heterocycles. The summed E-state index contributed by atoms with van der Waals surface area (Å²) in [5.41, 5.74) is 1.92. The van der Waals surface area contributed by atoms with Gasteiger partial charge in [0, 0.05) is 40.4 Å². The number of nitrogens with zero attached hydrogens (tertiary/aromatic N) is 3. The monoisotopic (exact) mass is 492 g/mol. The summed E-state index contributed by atoms with van der Waals surface area (Å²) in [5.74, 6) is 0.879. The molecule has 1 atom stereocenters. The van der Waals surface area contributed by atoms with Gasteiger partial charge in [-0.05, 0) is 42.0 Å². The summed E-state index contributed by atoms with van der Waals surface area (Å²) < 4.78 is 0. The lowest BCUT2D eigenvalue weighted by Gasteiger charge is -2.16. The second kappa shape index (κ2) is 9.99. The van der Waals surface area contributed by atoms with E-state index in [-0.39, 0.29) is 17.7 Å². The fourth-order valence-electron chi connectivity index (χ4n) is 3.19. The van der Waals surface area contributed by atoms with Gasteiger partial charge in [-0.15, -0.1) is 22.0 Å². The van der Waals surface area contributed by atoms with Crippen molar-refractivity contribution in [3.05, 3.63) is 69.1 Å². The van der Waals surface area contributed by atoms with Gasteiger partial charge in [-0.1, -0.05) is 46.7 Å². The van der Waals surface area contributed by atoms with Crippen molar-refractivity contribution in [2.24, 2.45) is 0 Å². The van der Waals surface area contributed by atoms with Gasteiger partial charge >= 0.3 is 0 Å². The van der Waals surface area contributed by atoms with Crippen molar-refractivity contribution < 1.29 is 9.59 Å². The van der Waals surface area contributed by atoms with E-state index in [0.717, 1.165) is 22.0 Å². The lowest BCUT2D eigenvalue weighted by atomic mass is 10.1. The Hall–Kier alpha value is -2.13. The van der Waals surface area contributed by atoms with Crippen molar-refractivity contribution in [3.8, 4) is 0 Å². The molecule has 0 saturated carbocycles. The van der Waals surface area contributed by atoms with E-state index in [9.17, 15) is 9.59 Å². The van der Waals surface area contributed by atoms with Crippen LogP contribution in [0.3, 0.4) is 0 Å². The molecule has 1 aliphatic rings. The number of halogens is 2. The molecule has 4 rings (SSSR count). The average molecular weight is 493 g/mol. The second-order valence-corrected chi connectivity index (χ2v) is 9.86. The van der Waals surface area contributed by atoms with Gasteiger partial charge in [0.25, 0.3) is 0 Å². The van der Waals surface area contributed by atoms with Crippen molar-refractivity contribution in [2.45, 2.75) is 18.1 Å². The van der Waals surface area contributed by atoms with E-state index in [4.69, 9.17) is 23.2 Å². The third-order valence-corrected chi connectivity index (χ3v) is 7.22. The first-order valence-electron chi connectivity index (χ1n) is 9.49. The summed E-state index contributed by atoms with van der Waals surface area (Å²) in [6, 6.07) is 14.7. The Bertz CT molecular complexity index is 1070. The first kappa shape index (κ1) is 22.1. The number of carbonyl (C=O) groups is 2. The number of nitrogens with one attached hydrogen (secondary N) is 1. The van der Waals surface area contributed by atoms with Crippen LogP contribution in [0, 0.1) is 0 Å². The molecular formula is C21H18Cl2N4O2S2. The van der Waals surface area contributed by atoms with Gasteiger partial charge in [0.2, 0.25) is 16.9 Å². The number of hydrogen-bond donors (Lipinski definition) is 1. The molecule has 1 fully saturated rings. The van der Waals surface area contributed by atoms with E-state index >= 15 is 0 Å². The summed E-state index contributed by atoms with van der Waals surface area (Å²) in [6.07, 6.45) is 0.363. The van der Waals surface area contributed by atoms with E-state index in [1.807, 2.05) is 36.4 Å². The first-order chi connectivity index (χ1) is 15.0. The first-order valence-corrected chi connectivity index (χ1v) is 12.2. The van der Waals surface area contributed by atoms with Crippen LogP contribution in [0.25, 0.3) is 0 Å². The minimum atomic E-state index is -0.132. The van der Waals surface area contributed by atoms with Gasteiger partial charge in [0.1, 0.15) is 5.01 Å². The van der Waals surface area contributed by atoms with E-state index in [2.05, 4.69) is 15.5 Å². The van der Waals surface area contributed by atoms with Gasteiger partial charge in [-0.2, -0.15) is 0 Å². The van der Waals surface area contributed by atoms with E-state index in [0.29, 0.717) is 33.9 Å². The van der Waals surface area contributed by atoms with Gasteiger partial charge in [0.15, 0.2) is 0 Å². The molecule has 0 radical (unpaired) electrons. The molecule has 0 bridgehead atoms. The summed E-state index contributed by atoms with van der Waals surface area (Å²) in [4.78, 5) is 26.4. The topological polar surface area (TPSA) is 75.2 Å². The molecule has 2 amide bonds. The van der Waals surface area contributed by atoms with E-state index in [1.54, 1.807) is 17.0 Å². The SMILES string of the molecule is O=C(CSCc1ccc(Cl)cc1)Nc1nnc(C2CC(=O)N(c3ccc(Cl)cc3)C2)s1. The van der Waals surface area contributed by atoms with E-state index in [1.165, 1.54) is 23.1 Å². The minimum absolute atomic E-state index is 0.0340. The maximum atomic E-state index is 12.5. The van der Waals surface area contributed by atoms with Crippen molar-refractivity contribution in [1.29, 1.82) is 0 Å². The minimum Gasteiger partial charge on any atom is -0.312 e. The molecular weight excluding hydrogens is 475 g/mol. The molecule has 0 spiro atoms. The molecule has 10 heteroatoms. The average Bonchev–Trinajstić information content (AvgIpc) is 3.37. The highest BCUT2D eigenvalue weighted by molar-refractivity contribution is 7.99. The third-order valence-electron chi connectivity index (χ3n) is 4.71. The van der Waals surface area contributed by atoms with Crippen LogP contribution in [0.1, 0.15) is 22.9 Å². The zero-order valence-corrected chi connectivity index (χ0v) is 19.4. The number of carbonyl (C=O) groups excluding carboxylic acids is 2. The number of benzene rings is 2. The number of rotatable bonds is 7. The highest BCUT2D eigenvalue weighted by Gasteiger charge is 2.34. The Labute approximate surface area is 198 Å². The van der Waals surface area contributed by atoms with Crippen LogP contribution in [-0.4, -0.2) is 34.3 Å². The Morgan fingerprint density at radius 1 is 1.10 bits per heavy atom. The molecule has 1 saturated heterocycles. The molecule has 2 heterocycles. The summed E-state index contributed by atoms with van der Waals surface area (Å²) in [5, 5.41) is 13.6. The third kappa shape index (κ3) is 5.77. The Morgan fingerprint density at radius 3 is 2.48 bits per heavy atom. The number of aromatic nitrogens is 2. The Kier molecular flexibility index (Phi) is 7.12. The van der Waals surface area contributed by atoms with Crippen LogP contribution in [0.15, 0.2) is 48.5 Å². The highest BCUT2D eigenvalue weighted by Crippen LogP contribution is 2.34. The molecule has 31 heavy (non-hydrogen) atoms. The number of amides is 2. The molecule has 0 aliphatic carbocycles. The maximum absolute atomic E-state index is 12.5. The Morgan fingerprint density at radius 2 is 1.77 bits per heavy atom. The lowest BCUT2D eigenvalue weighted by Crippen LogP contribution is -2.24. The van der Waals surface area contributed by atoms with E-state index < -0.39 is 0 Å². The van der Waals surface area contributed by atoms with Crippen LogP contribution >= 0.6 is 46.3 Å². The van der Waals surface area contributed by atoms with Gasteiger partial charge in [-0.3, -0.25) is 14.9 Å². The molecule has 6 nitrogen and oxygen atoms in total. The normalized spacial score (nSPS) is 16.0. The zero-order valence-electron chi connectivity index (χ0n) is 16.3. The maximum Gasteiger partial charge on any atom is 0.236 e. The van der Waals surface area contributed by atoms with Crippen molar-refractivity contribution in [2.75, 3.05) is 22.5 Å². The van der Waals surface area contributed by atoms with Crippen LogP contribution in [0.4, 0.5) is 10.8 Å². The van der Waals surface area contributed by atoms with Gasteiger partial charge < -0.3 is 4.90 Å². The number of anilines is 2. The fourth-order valence-corrected chi connectivity index (χ4v) is 5.08. The zero-order chi connectivity index (χ0) is 21.8. The molecule has 1 unspecified atom stereocenters. The molecule has 1 N–H and O–H groups in total. The Balaban J connectivity index is 1.29. The molecule has 2 aromatic carbocycles. The predicted molar refractivity (Wildman–Crippen MR) is 127 cm³/mol. The lowest BCUT2D eigenvalue weighted by molar-refractivity contribution is -0.117. The van der Waals surface area contributed by atoms with Crippen molar-refractivity contribution in [3.63, 3.8) is 0 Å². The second-order valence-electron chi connectivity index (χ2n) is 6.99. The molecule has 1 aliphatic heterocycles. The van der Waals surface area contributed by atoms with Crippen LogP contribution in [0.2, 0.25) is 10.0 Å². The quantitative estimate of drug-likeness (QED) is 0.488. The van der Waals surface area contributed by atoms with Crippen molar-refractivity contribution in [1.82, 2.24) is 10.2 Å². The van der Waals surface area contributed by atoms with Gasteiger partial charge in [-0.25, -0.2) is 0 Å². The molecule has 3 aromatic rings. The summed E-state index contributed by atoms with van der Waals surface area (Å²) in [6.45, 7) is 0.528. The highest BCUT2D eigenvalue weighted by atomic mass is 35.5. The van der Waals surface area contributed by atoms with Crippen molar-refractivity contribution >= 4 is 68.9 Å². The van der Waals surface area contributed by atoms with Crippen LogP contribution in [-0.2, 0) is 15.3 Å². The number of thioether (sulfide) groups is 1. The van der Waals surface area contributed by atoms with Crippen LogP contribution in [0.5, 0.6) is 0 Å². The largest absolute Gasteiger partial charge is 0.312 e. The van der Waals surface area contributed by atoms with Crippen LogP contribution < -0.4 is 10.2 Å². The summed E-state index contributed by atoms with van der Waals surface area (Å²) >= 11 is 14.6. The predicted octanol–water partition coefficient (Wildman–Crippen LogP) is 5.24.